The van der Waals surface area contributed by atoms with E-state index in [9.17, 15) is 4.39 Å². The van der Waals surface area contributed by atoms with Crippen LogP contribution >= 0.6 is 11.6 Å². The minimum Gasteiger partial charge on any atom is -0.394 e. The van der Waals surface area contributed by atoms with Crippen LogP contribution in [0.2, 0.25) is 0 Å². The molecule has 0 fully saturated rings. The van der Waals surface area contributed by atoms with Crippen LogP contribution in [0.3, 0.4) is 0 Å². The van der Waals surface area contributed by atoms with Gasteiger partial charge < -0.3 is 5.32 Å². The summed E-state index contributed by atoms with van der Waals surface area (Å²) in [5.41, 5.74) is 3.23. The number of hydrogen-bond donors (Lipinski definition) is 1. The van der Waals surface area contributed by atoms with E-state index in [1.165, 1.54) is 17.7 Å². The third-order valence-corrected chi connectivity index (χ3v) is 2.07. The molecule has 3 heteroatoms. The molecule has 0 aliphatic heterocycles. The number of alkyl halides is 1. The molecule has 0 atom stereocenters. The summed E-state index contributed by atoms with van der Waals surface area (Å²) in [4.78, 5) is 0. The van der Waals surface area contributed by atoms with Crippen molar-refractivity contribution in [3.63, 3.8) is 0 Å². The number of halogens is 2. The molecule has 0 aliphatic carbocycles. The summed E-state index contributed by atoms with van der Waals surface area (Å²) in [7, 11) is 1.87. The Kier molecular flexibility index (Phi) is 13.9. The van der Waals surface area contributed by atoms with Crippen LogP contribution in [-0.4, -0.2) is 12.9 Å². The first kappa shape index (κ1) is 20.0. The second-order valence-corrected chi connectivity index (χ2v) is 4.48. The molecule has 0 rings (SSSR count). The lowest BCUT2D eigenvalue weighted by Gasteiger charge is -1.96. The van der Waals surface area contributed by atoms with Crippen molar-refractivity contribution in [1.82, 2.24) is 5.32 Å². The Bertz CT molecular complexity index is 372. The minimum absolute atomic E-state index is 0.224. The van der Waals surface area contributed by atoms with Crippen molar-refractivity contribution in [2.45, 2.75) is 27.7 Å². The van der Waals surface area contributed by atoms with Gasteiger partial charge in [-0.15, -0.1) is 11.6 Å². The molecule has 1 N–H and O–H groups in total. The summed E-state index contributed by atoms with van der Waals surface area (Å²) in [6, 6.07) is 0. The van der Waals surface area contributed by atoms with Gasteiger partial charge in [0.1, 0.15) is 5.83 Å². The number of allylic oxidation sites excluding steroid dienone is 8. The Labute approximate surface area is 122 Å². The van der Waals surface area contributed by atoms with E-state index in [1.807, 2.05) is 20.2 Å². The molecule has 0 bridgehead atoms. The van der Waals surface area contributed by atoms with Gasteiger partial charge in [-0.05, 0) is 39.3 Å². The normalized spacial score (nSPS) is 11.7. The molecule has 1 nitrogen and oxygen atoms in total. The predicted octanol–water partition coefficient (Wildman–Crippen LogP) is 5.29. The lowest BCUT2D eigenvalue weighted by Crippen LogP contribution is -1.96. The van der Waals surface area contributed by atoms with E-state index in [2.05, 4.69) is 31.8 Å². The molecule has 0 radical (unpaired) electrons. The third-order valence-electron chi connectivity index (χ3n) is 1.76. The van der Waals surface area contributed by atoms with Gasteiger partial charge in [0, 0.05) is 19.1 Å². The second kappa shape index (κ2) is 13.2. The van der Waals surface area contributed by atoms with Gasteiger partial charge in [-0.1, -0.05) is 36.0 Å². The van der Waals surface area contributed by atoms with E-state index in [-0.39, 0.29) is 5.83 Å². The fourth-order valence-corrected chi connectivity index (χ4v) is 1.15. The topological polar surface area (TPSA) is 12.0 Å². The van der Waals surface area contributed by atoms with Crippen LogP contribution in [0.4, 0.5) is 4.39 Å². The summed E-state index contributed by atoms with van der Waals surface area (Å²) in [6.45, 7) is 11.2. The molecule has 0 aromatic carbocycles. The highest BCUT2D eigenvalue weighted by Gasteiger charge is 1.87. The van der Waals surface area contributed by atoms with Crippen molar-refractivity contribution in [3.05, 3.63) is 59.6 Å². The minimum atomic E-state index is -0.224. The van der Waals surface area contributed by atoms with Gasteiger partial charge in [0.05, 0.1) is 0 Å². The van der Waals surface area contributed by atoms with Crippen molar-refractivity contribution in [1.29, 1.82) is 0 Å². The lowest BCUT2D eigenvalue weighted by molar-refractivity contribution is 0.665. The Morgan fingerprint density at radius 2 is 1.84 bits per heavy atom. The van der Waals surface area contributed by atoms with E-state index in [0.29, 0.717) is 5.88 Å². The fraction of sp³-hybridized carbons (Fsp3) is 0.375. The number of hydrogen-bond acceptors (Lipinski definition) is 1. The van der Waals surface area contributed by atoms with Gasteiger partial charge >= 0.3 is 0 Å². The molecule has 0 aromatic heterocycles. The average Bonchev–Trinajstić information content (AvgIpc) is 2.35. The fourth-order valence-electron chi connectivity index (χ4n) is 0.993. The maximum atomic E-state index is 12.2. The first-order valence-electron chi connectivity index (χ1n) is 6.09. The molecule has 0 saturated heterocycles. The van der Waals surface area contributed by atoms with E-state index in [4.69, 9.17) is 11.6 Å². The van der Waals surface area contributed by atoms with Gasteiger partial charge in [0.15, 0.2) is 0 Å². The average molecular weight is 286 g/mol. The zero-order chi connectivity index (χ0) is 15.3. The van der Waals surface area contributed by atoms with Crippen molar-refractivity contribution in [2.24, 2.45) is 0 Å². The Morgan fingerprint density at radius 3 is 2.16 bits per heavy atom. The van der Waals surface area contributed by atoms with Crippen molar-refractivity contribution >= 4 is 11.6 Å². The highest BCUT2D eigenvalue weighted by atomic mass is 35.5. The lowest BCUT2D eigenvalue weighted by atomic mass is 10.2. The van der Waals surface area contributed by atoms with E-state index in [0.717, 1.165) is 11.1 Å². The standard InChI is InChI=1S/C8H14ClN.C8H11F/c1-7(2)4-8(5-9)6-10-3;1-4-8(9)6-5-7(2)3/h4,6,10H,5H2,1-3H3;4-6H,2H2,1,3H3/b8-6+;6-5-,8-4+. The van der Waals surface area contributed by atoms with Crippen LogP contribution in [-0.2, 0) is 0 Å². The van der Waals surface area contributed by atoms with Gasteiger partial charge in [0.25, 0.3) is 0 Å². The first-order chi connectivity index (χ1) is 8.87. The second-order valence-electron chi connectivity index (χ2n) is 4.22. The molecule has 0 amide bonds. The molecule has 0 heterocycles. The highest BCUT2D eigenvalue weighted by molar-refractivity contribution is 6.19. The maximum Gasteiger partial charge on any atom is 0.118 e. The van der Waals surface area contributed by atoms with Crippen LogP contribution < -0.4 is 5.32 Å². The van der Waals surface area contributed by atoms with Crippen molar-refractivity contribution < 1.29 is 4.39 Å². The monoisotopic (exact) mass is 285 g/mol. The predicted molar refractivity (Wildman–Crippen MR) is 86.1 cm³/mol. The number of rotatable bonds is 5. The van der Waals surface area contributed by atoms with Crippen LogP contribution in [0.5, 0.6) is 0 Å². The first-order valence-corrected chi connectivity index (χ1v) is 6.63. The van der Waals surface area contributed by atoms with E-state index in [1.54, 1.807) is 13.0 Å². The zero-order valence-electron chi connectivity index (χ0n) is 12.6. The molecule has 0 saturated carbocycles. The van der Waals surface area contributed by atoms with Crippen LogP contribution in [0.25, 0.3) is 0 Å². The van der Waals surface area contributed by atoms with E-state index >= 15 is 0 Å². The summed E-state index contributed by atoms with van der Waals surface area (Å²) in [5.74, 6) is 0.337. The van der Waals surface area contributed by atoms with Gasteiger partial charge in [0.2, 0.25) is 0 Å². The van der Waals surface area contributed by atoms with Gasteiger partial charge in [-0.3, -0.25) is 0 Å². The summed E-state index contributed by atoms with van der Waals surface area (Å²) in [6.07, 6.45) is 8.39. The molecule has 19 heavy (non-hydrogen) atoms. The van der Waals surface area contributed by atoms with Crippen LogP contribution in [0, 0.1) is 0 Å². The Morgan fingerprint density at radius 1 is 1.26 bits per heavy atom. The zero-order valence-corrected chi connectivity index (χ0v) is 13.3. The summed E-state index contributed by atoms with van der Waals surface area (Å²) in [5, 5.41) is 2.93. The molecular formula is C16H25ClFN. The Balaban J connectivity index is 0. The molecule has 0 spiro atoms. The molecular weight excluding hydrogens is 261 g/mol. The smallest absolute Gasteiger partial charge is 0.118 e. The molecule has 0 aromatic rings. The largest absolute Gasteiger partial charge is 0.394 e. The van der Waals surface area contributed by atoms with Crippen molar-refractivity contribution in [2.75, 3.05) is 12.9 Å². The summed E-state index contributed by atoms with van der Waals surface area (Å²) >= 11 is 5.64. The quantitative estimate of drug-likeness (QED) is 0.535. The Hall–Kier alpha value is -1.28. The van der Waals surface area contributed by atoms with Gasteiger partial charge in [-0.2, -0.15) is 0 Å². The van der Waals surface area contributed by atoms with Crippen LogP contribution in [0.15, 0.2) is 59.6 Å². The summed E-state index contributed by atoms with van der Waals surface area (Å²) < 4.78 is 12.2. The van der Waals surface area contributed by atoms with Crippen LogP contribution in [0.1, 0.15) is 27.7 Å². The molecule has 0 aliphatic rings. The molecule has 108 valence electrons. The maximum absolute atomic E-state index is 12.2. The van der Waals surface area contributed by atoms with Crippen molar-refractivity contribution in [3.8, 4) is 0 Å². The van der Waals surface area contributed by atoms with E-state index < -0.39 is 0 Å². The van der Waals surface area contributed by atoms with Gasteiger partial charge in [-0.25, -0.2) is 4.39 Å². The molecule has 0 unspecified atom stereocenters. The highest BCUT2D eigenvalue weighted by Crippen LogP contribution is 2.02. The third kappa shape index (κ3) is 16.7. The SMILES string of the molecule is C=C(C)/C=C\C(F)=C/C.CN/C=C(\C=C(C)C)CCl. The number of nitrogens with one attached hydrogen (secondary N) is 1.